The number of carbonyl (C=O) groups excluding carboxylic acids is 2. The number of fused-ring (bicyclic) bond motifs is 1. The summed E-state index contributed by atoms with van der Waals surface area (Å²) in [7, 11) is 0. The van der Waals surface area contributed by atoms with Gasteiger partial charge in [0.2, 0.25) is 17.7 Å². The van der Waals surface area contributed by atoms with Gasteiger partial charge >= 0.3 is 0 Å². The molecule has 0 atom stereocenters. The minimum Gasteiger partial charge on any atom is -0.483 e. The number of nitrogens with one attached hydrogen (secondary N) is 5. The van der Waals surface area contributed by atoms with Crippen LogP contribution in [-0.2, 0) is 17.9 Å². The second kappa shape index (κ2) is 21.1. The van der Waals surface area contributed by atoms with E-state index < -0.39 is 5.91 Å². The van der Waals surface area contributed by atoms with E-state index in [0.717, 1.165) is 28.7 Å². The molecule has 5 aromatic heterocycles. The van der Waals surface area contributed by atoms with Crippen LogP contribution in [0.3, 0.4) is 0 Å². The van der Waals surface area contributed by atoms with Crippen molar-refractivity contribution >= 4 is 58.9 Å². The molecule has 61 heavy (non-hydrogen) atoms. The topological polar surface area (TPSA) is 273 Å². The maximum atomic E-state index is 13.3. The number of carbonyl (C=O) groups is 3. The molecule has 7 aromatic rings. The summed E-state index contributed by atoms with van der Waals surface area (Å²) >= 11 is 6.85. The van der Waals surface area contributed by atoms with E-state index in [1.54, 1.807) is 61.1 Å². The van der Waals surface area contributed by atoms with Crippen molar-refractivity contribution in [2.75, 3.05) is 47.9 Å². The molecule has 0 spiro atoms. The fourth-order valence-electron chi connectivity index (χ4n) is 5.95. The van der Waals surface area contributed by atoms with Gasteiger partial charge in [-0.15, -0.1) is 5.10 Å². The lowest BCUT2D eigenvalue weighted by Crippen LogP contribution is -2.19. The summed E-state index contributed by atoms with van der Waals surface area (Å²) in [6.07, 6.45) is 5.60. The molecular weight excluding hydrogens is 806 g/mol. The number of benzene rings is 2. The van der Waals surface area contributed by atoms with E-state index in [4.69, 9.17) is 36.8 Å². The quantitative estimate of drug-likeness (QED) is 0.0457. The molecule has 0 saturated heterocycles. The van der Waals surface area contributed by atoms with Crippen LogP contribution in [0.15, 0.2) is 95.9 Å². The summed E-state index contributed by atoms with van der Waals surface area (Å²) in [5.41, 5.74) is 11.7. The molecule has 19 nitrogen and oxygen atoms in total. The van der Waals surface area contributed by atoms with Crippen molar-refractivity contribution < 1.29 is 29.0 Å². The van der Waals surface area contributed by atoms with E-state index in [1.807, 2.05) is 37.3 Å². The Hall–Kier alpha value is -7.32. The number of nitrogen functional groups attached to an aromatic ring is 1. The van der Waals surface area contributed by atoms with Crippen molar-refractivity contribution in [1.29, 1.82) is 0 Å². The molecule has 20 heteroatoms. The van der Waals surface area contributed by atoms with Crippen LogP contribution in [0, 0.1) is 6.92 Å². The van der Waals surface area contributed by atoms with E-state index in [-0.39, 0.29) is 36.3 Å². The molecule has 0 unspecified atom stereocenters. The lowest BCUT2D eigenvalue weighted by molar-refractivity contribution is -0.122. The molecular formula is C41H42ClN13O6. The minimum absolute atomic E-state index is 0.0379. The smallest absolute Gasteiger partial charge is 0.290 e. The summed E-state index contributed by atoms with van der Waals surface area (Å²) in [6.45, 7) is 4.53. The number of aliphatic hydroxyl groups is 1. The Morgan fingerprint density at radius 1 is 0.820 bits per heavy atom. The molecule has 0 aliphatic heterocycles. The monoisotopic (exact) mass is 847 g/mol. The third-order valence-electron chi connectivity index (χ3n) is 8.97. The number of amides is 2. The molecule has 0 radical (unpaired) electrons. The highest BCUT2D eigenvalue weighted by atomic mass is 35.5. The molecule has 2 aromatic carbocycles. The average molecular weight is 848 g/mol. The number of aliphatic hydroxyl groups excluding tert-OH is 1. The largest absolute Gasteiger partial charge is 0.483 e. The Kier molecular flexibility index (Phi) is 15.0. The number of furan rings is 1. The summed E-state index contributed by atoms with van der Waals surface area (Å²) in [6, 6.07) is 21.4. The zero-order chi connectivity index (χ0) is 43.1. The Balaban J connectivity index is 0.00000201. The fourth-order valence-corrected chi connectivity index (χ4v) is 6.23. The van der Waals surface area contributed by atoms with Crippen molar-refractivity contribution in [3.63, 3.8) is 0 Å². The van der Waals surface area contributed by atoms with Gasteiger partial charge in [-0.2, -0.15) is 19.5 Å². The first-order chi connectivity index (χ1) is 29.7. The van der Waals surface area contributed by atoms with Gasteiger partial charge in [-0.1, -0.05) is 48.0 Å². The zero-order valence-electron chi connectivity index (χ0n) is 32.8. The molecule has 7 rings (SSSR count). The van der Waals surface area contributed by atoms with Crippen LogP contribution in [0.2, 0.25) is 5.02 Å². The van der Waals surface area contributed by atoms with E-state index in [1.165, 1.54) is 4.52 Å². The van der Waals surface area contributed by atoms with E-state index in [2.05, 4.69) is 56.6 Å². The van der Waals surface area contributed by atoms with Crippen LogP contribution in [-0.4, -0.2) is 89.3 Å². The molecule has 0 bridgehead atoms. The van der Waals surface area contributed by atoms with Crippen LogP contribution < -0.4 is 32.3 Å². The summed E-state index contributed by atoms with van der Waals surface area (Å²) in [5.74, 6) is 0.928. The average Bonchev–Trinajstić information content (AvgIpc) is 3.96. The van der Waals surface area contributed by atoms with Gasteiger partial charge in [0.05, 0.1) is 23.6 Å². The van der Waals surface area contributed by atoms with E-state index in [9.17, 15) is 9.59 Å². The minimum atomic E-state index is -0.407. The maximum absolute atomic E-state index is 13.3. The lowest BCUT2D eigenvalue weighted by atomic mass is 9.98. The van der Waals surface area contributed by atoms with Crippen LogP contribution in [0.1, 0.15) is 44.1 Å². The van der Waals surface area contributed by atoms with Gasteiger partial charge in [-0.25, -0.2) is 0 Å². The number of nitrogens with two attached hydrogens (primary N) is 1. The van der Waals surface area contributed by atoms with Crippen molar-refractivity contribution in [1.82, 2.24) is 45.2 Å². The molecule has 0 fully saturated rings. The van der Waals surface area contributed by atoms with Gasteiger partial charge < -0.3 is 46.9 Å². The van der Waals surface area contributed by atoms with Gasteiger partial charge in [-0.05, 0) is 78.5 Å². The van der Waals surface area contributed by atoms with Gasteiger partial charge in [0.15, 0.2) is 5.76 Å². The van der Waals surface area contributed by atoms with Crippen molar-refractivity contribution in [2.24, 2.45) is 0 Å². The molecule has 2 amide bonds. The number of carboxylic acid groups (broad SMARTS) is 1. The Morgan fingerprint density at radius 2 is 1.46 bits per heavy atom. The first-order valence-electron chi connectivity index (χ1n) is 18.9. The van der Waals surface area contributed by atoms with E-state index >= 15 is 0 Å². The number of nitrogens with zero attached hydrogens (tertiary/aromatic N) is 7. The third-order valence-corrected chi connectivity index (χ3v) is 9.38. The zero-order valence-corrected chi connectivity index (χ0v) is 33.6. The van der Waals surface area contributed by atoms with Crippen molar-refractivity contribution in [3.8, 4) is 22.7 Å². The second-order valence-electron chi connectivity index (χ2n) is 13.1. The van der Waals surface area contributed by atoms with Crippen LogP contribution in [0.4, 0.5) is 23.3 Å². The molecule has 5 heterocycles. The fraction of sp³-hybridized carbons (Fsp3) is 0.195. The SMILES string of the molecule is Cc1c(NC(=O)c2ccc(CNCCCNc3nc(N)n4nc(-c5ccco5)nc4n3)cn2)cccc1-c1cccc(NC(=O)c2ccc(CNCCO)cn2)c1Cl.O=CO. The molecule has 9 N–H and O–H groups in total. The second-order valence-corrected chi connectivity index (χ2v) is 13.5. The predicted octanol–water partition coefficient (Wildman–Crippen LogP) is 4.66. The number of aromatic nitrogens is 7. The number of pyridine rings is 2. The maximum Gasteiger partial charge on any atom is 0.290 e. The molecule has 314 valence electrons. The highest BCUT2D eigenvalue weighted by Crippen LogP contribution is 2.37. The predicted molar refractivity (Wildman–Crippen MR) is 229 cm³/mol. The first-order valence-corrected chi connectivity index (χ1v) is 19.3. The Morgan fingerprint density at radius 3 is 2.08 bits per heavy atom. The number of hydrogen-bond acceptors (Lipinski definition) is 15. The van der Waals surface area contributed by atoms with Crippen LogP contribution in [0.5, 0.6) is 0 Å². The van der Waals surface area contributed by atoms with Crippen LogP contribution in [0.25, 0.3) is 28.5 Å². The Labute approximate surface area is 353 Å². The molecule has 0 aliphatic carbocycles. The number of hydrogen-bond donors (Lipinski definition) is 8. The first kappa shape index (κ1) is 43.3. The summed E-state index contributed by atoms with van der Waals surface area (Å²) < 4.78 is 6.71. The summed E-state index contributed by atoms with van der Waals surface area (Å²) in [5, 5.41) is 35.9. The highest BCUT2D eigenvalue weighted by Gasteiger charge is 2.18. The highest BCUT2D eigenvalue weighted by molar-refractivity contribution is 6.36. The summed E-state index contributed by atoms with van der Waals surface area (Å²) in [4.78, 5) is 56.4. The van der Waals surface area contributed by atoms with Gasteiger partial charge in [0.25, 0.3) is 24.1 Å². The molecule has 0 saturated carbocycles. The van der Waals surface area contributed by atoms with Gasteiger partial charge in [0, 0.05) is 49.8 Å². The number of halogens is 1. The number of anilines is 4. The van der Waals surface area contributed by atoms with Crippen molar-refractivity contribution in [3.05, 3.63) is 125 Å². The lowest BCUT2D eigenvalue weighted by Gasteiger charge is -2.16. The Bertz CT molecular complexity index is 2570. The van der Waals surface area contributed by atoms with Crippen molar-refractivity contribution in [2.45, 2.75) is 26.4 Å². The van der Waals surface area contributed by atoms with Crippen LogP contribution >= 0.6 is 11.6 Å². The van der Waals surface area contributed by atoms with E-state index in [0.29, 0.717) is 78.0 Å². The normalized spacial score (nSPS) is 10.8. The van der Waals surface area contributed by atoms with Gasteiger partial charge in [0.1, 0.15) is 11.4 Å². The third kappa shape index (κ3) is 11.2. The van der Waals surface area contributed by atoms with Gasteiger partial charge in [-0.3, -0.25) is 24.4 Å². The number of rotatable bonds is 17. The standard InChI is InChI=1S/C40H40ClN13O4.CH2O2/c1-24-27(28-7-3-9-30(34(28)41)49-37(57)32-14-12-26(23-47-32)21-44-17-18-55)6-2-8-29(24)48-36(56)31-13-11-25(22-46-31)20-43-15-5-16-45-39-51-38(42)54-40(52-39)50-35(53-54)33-10-4-19-58-33;2-1-3/h2-4,6-14,19,22-23,43-44,55H,5,15-18,20-21H2,1H3,(H,48,56)(H,49,57)(H3,42,45,50,51,52,53);1H,(H,2,3). The molecule has 0 aliphatic rings.